The molecule has 0 radical (unpaired) electrons. The van der Waals surface area contributed by atoms with Gasteiger partial charge in [0.2, 0.25) is 5.91 Å². The first-order valence-electron chi connectivity index (χ1n) is 8.71. The number of nitrogens with zero attached hydrogens (tertiary/aromatic N) is 1. The third kappa shape index (κ3) is 4.31. The van der Waals surface area contributed by atoms with E-state index in [4.69, 9.17) is 11.6 Å². The molecule has 0 unspecified atom stereocenters. The molecule has 1 atom stereocenters. The summed E-state index contributed by atoms with van der Waals surface area (Å²) in [5, 5.41) is 5.23. The number of carbonyl (C=O) groups is 3. The van der Waals surface area contributed by atoms with Crippen LogP contribution in [0.4, 0.5) is 14.9 Å². The molecule has 0 aromatic heterocycles. The van der Waals surface area contributed by atoms with E-state index >= 15 is 0 Å². The van der Waals surface area contributed by atoms with E-state index < -0.39 is 35.7 Å². The number of aryl methyl sites for hydroxylation is 1. The number of carbonyl (C=O) groups excluding carboxylic acids is 3. The Morgan fingerprint density at radius 3 is 2.64 bits per heavy atom. The highest BCUT2D eigenvalue weighted by Gasteiger charge is 2.47. The maximum Gasteiger partial charge on any atom is 0.325 e. The number of halogens is 2. The minimum absolute atomic E-state index is 0.114. The molecule has 1 saturated heterocycles. The highest BCUT2D eigenvalue weighted by atomic mass is 35.5. The van der Waals surface area contributed by atoms with Gasteiger partial charge in [0.15, 0.2) is 0 Å². The van der Waals surface area contributed by atoms with Crippen LogP contribution in [0, 0.1) is 5.82 Å². The van der Waals surface area contributed by atoms with Crippen LogP contribution in [0.1, 0.15) is 18.9 Å². The lowest BCUT2D eigenvalue weighted by Gasteiger charge is -2.21. The summed E-state index contributed by atoms with van der Waals surface area (Å²) in [7, 11) is 0. The Kier molecular flexibility index (Phi) is 5.65. The molecule has 0 bridgehead atoms. The monoisotopic (exact) mass is 403 g/mol. The van der Waals surface area contributed by atoms with Gasteiger partial charge in [0.1, 0.15) is 17.9 Å². The average Bonchev–Trinajstić information content (AvgIpc) is 2.87. The summed E-state index contributed by atoms with van der Waals surface area (Å²) in [4.78, 5) is 38.0. The molecule has 146 valence electrons. The summed E-state index contributed by atoms with van der Waals surface area (Å²) in [5.74, 6) is -1.85. The van der Waals surface area contributed by atoms with E-state index in [1.165, 1.54) is 12.1 Å². The largest absolute Gasteiger partial charge is 0.325 e. The Balaban J connectivity index is 1.64. The van der Waals surface area contributed by atoms with Crippen molar-refractivity contribution in [3.8, 4) is 0 Å². The van der Waals surface area contributed by atoms with E-state index in [1.54, 1.807) is 6.92 Å². The van der Waals surface area contributed by atoms with Crippen molar-refractivity contribution in [2.24, 2.45) is 0 Å². The molecule has 4 amide bonds. The molecule has 1 heterocycles. The van der Waals surface area contributed by atoms with Crippen LogP contribution in [-0.4, -0.2) is 34.8 Å². The topological polar surface area (TPSA) is 78.5 Å². The Morgan fingerprint density at radius 1 is 1.21 bits per heavy atom. The number of hydrogen-bond donors (Lipinski definition) is 2. The fourth-order valence-corrected chi connectivity index (χ4v) is 3.20. The first kappa shape index (κ1) is 19.8. The number of anilines is 1. The first-order chi connectivity index (χ1) is 13.3. The molecular weight excluding hydrogens is 385 g/mol. The molecular formula is C20H19ClFN3O3. The van der Waals surface area contributed by atoms with Gasteiger partial charge < -0.3 is 10.6 Å². The van der Waals surface area contributed by atoms with Gasteiger partial charge >= 0.3 is 6.03 Å². The van der Waals surface area contributed by atoms with Crippen LogP contribution in [0.3, 0.4) is 0 Å². The Morgan fingerprint density at radius 2 is 1.93 bits per heavy atom. The lowest BCUT2D eigenvalue weighted by atomic mass is 9.93. The summed E-state index contributed by atoms with van der Waals surface area (Å²) < 4.78 is 13.7. The fourth-order valence-electron chi connectivity index (χ4n) is 3.03. The molecule has 0 spiro atoms. The van der Waals surface area contributed by atoms with Crippen molar-refractivity contribution in [3.05, 3.63) is 64.9 Å². The van der Waals surface area contributed by atoms with Crippen LogP contribution < -0.4 is 10.6 Å². The van der Waals surface area contributed by atoms with Gasteiger partial charge in [-0.3, -0.25) is 14.5 Å². The van der Waals surface area contributed by atoms with Gasteiger partial charge in [-0.05, 0) is 43.5 Å². The van der Waals surface area contributed by atoms with Crippen LogP contribution in [-0.2, 0) is 16.0 Å². The van der Waals surface area contributed by atoms with E-state index in [1.807, 2.05) is 30.3 Å². The molecule has 1 aliphatic heterocycles. The van der Waals surface area contributed by atoms with Gasteiger partial charge in [-0.25, -0.2) is 9.18 Å². The van der Waals surface area contributed by atoms with Crippen molar-refractivity contribution in [2.75, 3.05) is 11.9 Å². The van der Waals surface area contributed by atoms with Crippen LogP contribution in [0.15, 0.2) is 48.5 Å². The SMILES string of the molecule is C[C@]1(CCc2ccccc2)NC(=O)N(CC(=O)Nc2cc(Cl)ccc2F)C1=O. The van der Waals surface area contributed by atoms with E-state index in [-0.39, 0.29) is 10.7 Å². The van der Waals surface area contributed by atoms with Gasteiger partial charge in [-0.2, -0.15) is 0 Å². The molecule has 0 saturated carbocycles. The van der Waals surface area contributed by atoms with E-state index in [9.17, 15) is 18.8 Å². The van der Waals surface area contributed by atoms with E-state index in [0.29, 0.717) is 12.8 Å². The van der Waals surface area contributed by atoms with Gasteiger partial charge in [0, 0.05) is 5.02 Å². The summed E-state index contributed by atoms with van der Waals surface area (Å²) in [6.07, 6.45) is 0.986. The van der Waals surface area contributed by atoms with E-state index in [2.05, 4.69) is 10.6 Å². The van der Waals surface area contributed by atoms with Crippen LogP contribution in [0.25, 0.3) is 0 Å². The smallest absolute Gasteiger partial charge is 0.323 e. The Hall–Kier alpha value is -2.93. The molecule has 8 heteroatoms. The van der Waals surface area contributed by atoms with Crippen molar-refractivity contribution in [3.63, 3.8) is 0 Å². The van der Waals surface area contributed by atoms with Crippen LogP contribution >= 0.6 is 11.6 Å². The Labute approximate surface area is 166 Å². The molecule has 2 N–H and O–H groups in total. The standard InChI is InChI=1S/C20H19ClFN3O3/c1-20(10-9-13-5-3-2-4-6-13)18(27)25(19(28)24-20)12-17(26)23-16-11-14(21)7-8-15(16)22/h2-8,11H,9-10,12H2,1H3,(H,23,26)(H,24,28)/t20-/m1/s1. The highest BCUT2D eigenvalue weighted by Crippen LogP contribution is 2.24. The number of nitrogens with one attached hydrogen (secondary N) is 2. The zero-order valence-corrected chi connectivity index (χ0v) is 15.9. The highest BCUT2D eigenvalue weighted by molar-refractivity contribution is 6.30. The zero-order chi connectivity index (χ0) is 20.3. The number of imide groups is 1. The predicted molar refractivity (Wildman–Crippen MR) is 103 cm³/mol. The molecule has 2 aromatic rings. The second kappa shape index (κ2) is 7.98. The van der Waals surface area contributed by atoms with Gasteiger partial charge in [-0.1, -0.05) is 41.9 Å². The lowest BCUT2D eigenvalue weighted by Crippen LogP contribution is -2.45. The number of urea groups is 1. The Bertz CT molecular complexity index is 922. The number of amides is 4. The van der Waals surface area contributed by atoms with Crippen LogP contribution in [0.2, 0.25) is 5.02 Å². The van der Waals surface area contributed by atoms with Gasteiger partial charge in [-0.15, -0.1) is 0 Å². The number of hydrogen-bond acceptors (Lipinski definition) is 3. The van der Waals surface area contributed by atoms with Crippen LogP contribution in [0.5, 0.6) is 0 Å². The minimum Gasteiger partial charge on any atom is -0.323 e. The third-order valence-corrected chi connectivity index (χ3v) is 4.84. The summed E-state index contributed by atoms with van der Waals surface area (Å²) >= 11 is 5.79. The maximum absolute atomic E-state index is 13.7. The summed E-state index contributed by atoms with van der Waals surface area (Å²) in [6.45, 7) is 1.11. The molecule has 6 nitrogen and oxygen atoms in total. The zero-order valence-electron chi connectivity index (χ0n) is 15.2. The number of rotatable bonds is 6. The maximum atomic E-state index is 13.7. The molecule has 28 heavy (non-hydrogen) atoms. The molecule has 0 aliphatic carbocycles. The quantitative estimate of drug-likeness (QED) is 0.726. The van der Waals surface area contributed by atoms with Gasteiger partial charge in [0.05, 0.1) is 5.69 Å². The predicted octanol–water partition coefficient (Wildman–Crippen LogP) is 3.36. The van der Waals surface area contributed by atoms with Crippen molar-refractivity contribution in [1.82, 2.24) is 10.2 Å². The molecule has 1 fully saturated rings. The second-order valence-electron chi connectivity index (χ2n) is 6.81. The second-order valence-corrected chi connectivity index (χ2v) is 7.25. The first-order valence-corrected chi connectivity index (χ1v) is 9.09. The molecule has 1 aliphatic rings. The lowest BCUT2D eigenvalue weighted by molar-refractivity contribution is -0.133. The van der Waals surface area contributed by atoms with Crippen molar-refractivity contribution in [2.45, 2.75) is 25.3 Å². The summed E-state index contributed by atoms with van der Waals surface area (Å²) in [5.41, 5.74) is -0.177. The van der Waals surface area contributed by atoms with Gasteiger partial charge in [0.25, 0.3) is 5.91 Å². The normalized spacial score (nSPS) is 18.9. The van der Waals surface area contributed by atoms with Crippen molar-refractivity contribution < 1.29 is 18.8 Å². The number of benzene rings is 2. The fraction of sp³-hybridized carbons (Fsp3) is 0.250. The third-order valence-electron chi connectivity index (χ3n) is 4.61. The molecule has 2 aromatic carbocycles. The van der Waals surface area contributed by atoms with Crippen molar-refractivity contribution in [1.29, 1.82) is 0 Å². The minimum atomic E-state index is -1.10. The summed E-state index contributed by atoms with van der Waals surface area (Å²) in [6, 6.07) is 12.7. The van der Waals surface area contributed by atoms with Crippen molar-refractivity contribution >= 4 is 35.1 Å². The molecule has 3 rings (SSSR count). The van der Waals surface area contributed by atoms with E-state index in [0.717, 1.165) is 16.5 Å². The average molecular weight is 404 g/mol.